The highest BCUT2D eigenvalue weighted by molar-refractivity contribution is 5.85. The molecule has 0 aliphatic carbocycles. The van der Waals surface area contributed by atoms with Crippen molar-refractivity contribution in [3.63, 3.8) is 0 Å². The van der Waals surface area contributed by atoms with Crippen LogP contribution in [-0.4, -0.2) is 17.6 Å². The van der Waals surface area contributed by atoms with Crippen molar-refractivity contribution < 1.29 is 14.3 Å². The fraction of sp³-hybridized carbons (Fsp3) is 0.222. The van der Waals surface area contributed by atoms with Gasteiger partial charge in [0.2, 0.25) is 0 Å². The number of aliphatic carboxylic acids is 1. The van der Waals surface area contributed by atoms with Crippen LogP contribution in [0.2, 0.25) is 0 Å². The van der Waals surface area contributed by atoms with E-state index in [9.17, 15) is 9.18 Å². The van der Waals surface area contributed by atoms with Gasteiger partial charge in [-0.15, -0.1) is 12.4 Å². The molecule has 0 unspecified atom stereocenters. The van der Waals surface area contributed by atoms with Crippen LogP contribution in [0.3, 0.4) is 0 Å². The summed E-state index contributed by atoms with van der Waals surface area (Å²) in [7, 11) is 0. The standard InChI is InChI=1S/C9H11FN2O2.ClH/c10-7-3-6(4-11)1-2-8(7)12-5-9(13)14;/h1-3,12H,4-5,11H2,(H,13,14);1H. The van der Waals surface area contributed by atoms with E-state index in [2.05, 4.69) is 5.32 Å². The summed E-state index contributed by atoms with van der Waals surface area (Å²) in [5.41, 5.74) is 6.15. The van der Waals surface area contributed by atoms with Crippen molar-refractivity contribution in [1.82, 2.24) is 0 Å². The third kappa shape index (κ3) is 4.14. The van der Waals surface area contributed by atoms with Crippen LogP contribution in [0, 0.1) is 5.82 Å². The van der Waals surface area contributed by atoms with Gasteiger partial charge in [-0.3, -0.25) is 4.79 Å². The van der Waals surface area contributed by atoms with E-state index in [-0.39, 0.29) is 31.2 Å². The molecule has 1 aromatic carbocycles. The molecule has 0 atom stereocenters. The first-order valence-electron chi connectivity index (χ1n) is 4.07. The van der Waals surface area contributed by atoms with Crippen molar-refractivity contribution >= 4 is 24.1 Å². The maximum Gasteiger partial charge on any atom is 0.322 e. The highest BCUT2D eigenvalue weighted by atomic mass is 35.5. The van der Waals surface area contributed by atoms with Crippen LogP contribution in [0.5, 0.6) is 0 Å². The van der Waals surface area contributed by atoms with E-state index in [0.717, 1.165) is 0 Å². The number of carbonyl (C=O) groups is 1. The van der Waals surface area contributed by atoms with E-state index in [1.165, 1.54) is 12.1 Å². The van der Waals surface area contributed by atoms with E-state index in [4.69, 9.17) is 10.8 Å². The quantitative estimate of drug-likeness (QED) is 0.732. The smallest absolute Gasteiger partial charge is 0.322 e. The minimum absolute atomic E-state index is 0. The third-order valence-electron chi connectivity index (χ3n) is 1.70. The molecule has 1 aromatic rings. The Morgan fingerprint density at radius 1 is 1.53 bits per heavy atom. The summed E-state index contributed by atoms with van der Waals surface area (Å²) in [5, 5.41) is 10.8. The van der Waals surface area contributed by atoms with E-state index >= 15 is 0 Å². The van der Waals surface area contributed by atoms with Gasteiger partial charge < -0.3 is 16.2 Å². The Bertz CT molecular complexity index is 347. The Kier molecular flexibility index (Phi) is 5.66. The van der Waals surface area contributed by atoms with Crippen molar-refractivity contribution in [2.24, 2.45) is 5.73 Å². The topological polar surface area (TPSA) is 75.3 Å². The van der Waals surface area contributed by atoms with Crippen LogP contribution in [0.1, 0.15) is 5.56 Å². The van der Waals surface area contributed by atoms with E-state index in [0.29, 0.717) is 5.56 Å². The largest absolute Gasteiger partial charge is 0.480 e. The molecule has 0 aromatic heterocycles. The highest BCUT2D eigenvalue weighted by Crippen LogP contribution is 2.14. The lowest BCUT2D eigenvalue weighted by Gasteiger charge is -2.05. The van der Waals surface area contributed by atoms with Crippen LogP contribution in [0.15, 0.2) is 18.2 Å². The number of nitrogens with two attached hydrogens (primary N) is 1. The Labute approximate surface area is 92.7 Å². The molecular weight excluding hydrogens is 223 g/mol. The van der Waals surface area contributed by atoms with Gasteiger partial charge in [0.05, 0.1) is 5.69 Å². The zero-order chi connectivity index (χ0) is 10.6. The summed E-state index contributed by atoms with van der Waals surface area (Å²) in [6, 6.07) is 4.40. The molecular formula is C9H12ClFN2O2. The summed E-state index contributed by atoms with van der Waals surface area (Å²) in [6.07, 6.45) is 0. The number of rotatable bonds is 4. The SMILES string of the molecule is Cl.NCc1ccc(NCC(=O)O)c(F)c1. The zero-order valence-electron chi connectivity index (χ0n) is 7.87. The lowest BCUT2D eigenvalue weighted by molar-refractivity contribution is -0.134. The average molecular weight is 235 g/mol. The first-order valence-corrected chi connectivity index (χ1v) is 4.07. The molecule has 0 fully saturated rings. The van der Waals surface area contributed by atoms with Gasteiger partial charge in [0.1, 0.15) is 12.4 Å². The lowest BCUT2D eigenvalue weighted by atomic mass is 10.2. The number of halogens is 2. The predicted molar refractivity (Wildman–Crippen MR) is 57.7 cm³/mol. The first kappa shape index (κ1) is 13.7. The van der Waals surface area contributed by atoms with E-state index in [1.807, 2.05) is 0 Å². The normalized spacial score (nSPS) is 9.20. The van der Waals surface area contributed by atoms with Gasteiger partial charge in [0.25, 0.3) is 0 Å². The van der Waals surface area contributed by atoms with Crippen LogP contribution >= 0.6 is 12.4 Å². The number of nitrogens with one attached hydrogen (secondary N) is 1. The third-order valence-corrected chi connectivity index (χ3v) is 1.70. The van der Waals surface area contributed by atoms with Gasteiger partial charge in [-0.05, 0) is 17.7 Å². The summed E-state index contributed by atoms with van der Waals surface area (Å²) >= 11 is 0. The Hall–Kier alpha value is -1.33. The number of hydrogen-bond acceptors (Lipinski definition) is 3. The first-order chi connectivity index (χ1) is 6.63. The summed E-state index contributed by atoms with van der Waals surface area (Å²) in [6.45, 7) is -0.0466. The fourth-order valence-corrected chi connectivity index (χ4v) is 1.000. The molecule has 4 N–H and O–H groups in total. The van der Waals surface area contributed by atoms with Crippen molar-refractivity contribution in [3.05, 3.63) is 29.6 Å². The molecule has 4 nitrogen and oxygen atoms in total. The molecule has 0 amide bonds. The van der Waals surface area contributed by atoms with Crippen molar-refractivity contribution in [2.45, 2.75) is 6.54 Å². The fourth-order valence-electron chi connectivity index (χ4n) is 1.000. The Balaban J connectivity index is 0.00000196. The molecule has 1 rings (SSSR count). The van der Waals surface area contributed by atoms with Crippen LogP contribution in [0.25, 0.3) is 0 Å². The number of carboxylic acids is 1. The van der Waals surface area contributed by atoms with Gasteiger partial charge in [-0.1, -0.05) is 6.07 Å². The molecule has 6 heteroatoms. The van der Waals surface area contributed by atoms with Gasteiger partial charge in [0, 0.05) is 6.54 Å². The van der Waals surface area contributed by atoms with Crippen LogP contribution in [0.4, 0.5) is 10.1 Å². The molecule has 0 heterocycles. The predicted octanol–water partition coefficient (Wildman–Crippen LogP) is 1.20. The van der Waals surface area contributed by atoms with Crippen LogP contribution < -0.4 is 11.1 Å². The average Bonchev–Trinajstić information content (AvgIpc) is 2.15. The van der Waals surface area contributed by atoms with E-state index < -0.39 is 11.8 Å². The number of hydrogen-bond donors (Lipinski definition) is 3. The second kappa shape index (κ2) is 6.21. The van der Waals surface area contributed by atoms with Crippen LogP contribution in [-0.2, 0) is 11.3 Å². The van der Waals surface area contributed by atoms with Gasteiger partial charge in [0.15, 0.2) is 0 Å². The Morgan fingerprint density at radius 3 is 2.67 bits per heavy atom. The van der Waals surface area contributed by atoms with Gasteiger partial charge in [-0.2, -0.15) is 0 Å². The summed E-state index contributed by atoms with van der Waals surface area (Å²) in [5.74, 6) is -1.53. The molecule has 0 aliphatic heterocycles. The lowest BCUT2D eigenvalue weighted by Crippen LogP contribution is -2.13. The maximum absolute atomic E-state index is 13.2. The van der Waals surface area contributed by atoms with Crippen molar-refractivity contribution in [3.8, 4) is 0 Å². The van der Waals surface area contributed by atoms with Gasteiger partial charge in [-0.25, -0.2) is 4.39 Å². The maximum atomic E-state index is 13.2. The summed E-state index contributed by atoms with van der Waals surface area (Å²) in [4.78, 5) is 10.2. The number of anilines is 1. The molecule has 0 aliphatic rings. The number of carboxylic acid groups (broad SMARTS) is 1. The molecule has 84 valence electrons. The molecule has 0 spiro atoms. The van der Waals surface area contributed by atoms with Crippen molar-refractivity contribution in [1.29, 1.82) is 0 Å². The number of benzene rings is 1. The van der Waals surface area contributed by atoms with Gasteiger partial charge >= 0.3 is 5.97 Å². The minimum Gasteiger partial charge on any atom is -0.480 e. The minimum atomic E-state index is -1.03. The monoisotopic (exact) mass is 234 g/mol. The summed E-state index contributed by atoms with van der Waals surface area (Å²) < 4.78 is 13.2. The van der Waals surface area contributed by atoms with E-state index in [1.54, 1.807) is 6.07 Å². The highest BCUT2D eigenvalue weighted by Gasteiger charge is 2.03. The molecule has 0 bridgehead atoms. The molecule has 0 saturated carbocycles. The Morgan fingerprint density at radius 2 is 2.20 bits per heavy atom. The second-order valence-electron chi connectivity index (χ2n) is 2.77. The van der Waals surface area contributed by atoms with Crippen molar-refractivity contribution in [2.75, 3.05) is 11.9 Å². The molecule has 0 saturated heterocycles. The zero-order valence-corrected chi connectivity index (χ0v) is 8.68. The second-order valence-corrected chi connectivity index (χ2v) is 2.77. The molecule has 0 radical (unpaired) electrons. The molecule has 15 heavy (non-hydrogen) atoms.